The molecule has 9 heteroatoms. The molecule has 2 aliphatic rings. The largest absolute Gasteiger partial charge is 0.379 e. The molecule has 8 nitrogen and oxygen atoms in total. The van der Waals surface area contributed by atoms with Crippen molar-refractivity contribution in [2.75, 3.05) is 31.6 Å². The summed E-state index contributed by atoms with van der Waals surface area (Å²) in [5, 5.41) is 9.90. The van der Waals surface area contributed by atoms with E-state index in [0.29, 0.717) is 44.0 Å². The van der Waals surface area contributed by atoms with Crippen LogP contribution in [0.1, 0.15) is 23.2 Å². The number of benzene rings is 1. The Morgan fingerprint density at radius 1 is 1.32 bits per heavy atom. The van der Waals surface area contributed by atoms with Gasteiger partial charge in [-0.3, -0.25) is 9.89 Å². The van der Waals surface area contributed by atoms with Crippen molar-refractivity contribution < 1.29 is 17.9 Å². The molecule has 1 aliphatic heterocycles. The first-order chi connectivity index (χ1) is 13.4. The van der Waals surface area contributed by atoms with E-state index in [2.05, 4.69) is 15.5 Å². The molecule has 2 N–H and O–H groups in total. The van der Waals surface area contributed by atoms with Crippen LogP contribution in [0.5, 0.6) is 0 Å². The first-order valence-corrected chi connectivity index (χ1v) is 10.9. The van der Waals surface area contributed by atoms with Gasteiger partial charge in [-0.15, -0.1) is 0 Å². The number of H-pyrrole nitrogens is 1. The fourth-order valence-corrected chi connectivity index (χ4v) is 5.42. The molecule has 1 saturated heterocycles. The Labute approximate surface area is 164 Å². The van der Waals surface area contributed by atoms with Crippen molar-refractivity contribution in [3.05, 3.63) is 41.2 Å². The molecule has 0 spiro atoms. The summed E-state index contributed by atoms with van der Waals surface area (Å²) >= 11 is 0. The number of aromatic amines is 1. The highest BCUT2D eigenvalue weighted by atomic mass is 32.2. The van der Waals surface area contributed by atoms with Crippen LogP contribution in [0.15, 0.2) is 29.3 Å². The van der Waals surface area contributed by atoms with Crippen molar-refractivity contribution in [1.82, 2.24) is 14.5 Å². The smallest absolute Gasteiger partial charge is 0.243 e. The summed E-state index contributed by atoms with van der Waals surface area (Å²) in [6.45, 7) is 3.24. The van der Waals surface area contributed by atoms with Gasteiger partial charge in [0.15, 0.2) is 0 Å². The van der Waals surface area contributed by atoms with Crippen molar-refractivity contribution in [1.29, 1.82) is 0 Å². The van der Waals surface area contributed by atoms with Crippen molar-refractivity contribution in [2.24, 2.45) is 5.92 Å². The molecule has 2 aromatic rings. The van der Waals surface area contributed by atoms with Gasteiger partial charge in [-0.25, -0.2) is 8.42 Å². The van der Waals surface area contributed by atoms with Gasteiger partial charge in [0.25, 0.3) is 0 Å². The molecule has 1 amide bonds. The number of aryl methyl sites for hydroxylation is 2. The number of nitrogens with one attached hydrogen (secondary N) is 2. The molecule has 1 aromatic heterocycles. The second-order valence-corrected chi connectivity index (χ2v) is 9.21. The van der Waals surface area contributed by atoms with Gasteiger partial charge in [-0.05, 0) is 49.4 Å². The van der Waals surface area contributed by atoms with Gasteiger partial charge in [0.05, 0.1) is 24.3 Å². The average Bonchev–Trinajstić information content (AvgIpc) is 3.18. The number of anilines is 1. The Morgan fingerprint density at radius 3 is 2.89 bits per heavy atom. The summed E-state index contributed by atoms with van der Waals surface area (Å²) in [6, 6.07) is 5.04. The van der Waals surface area contributed by atoms with Gasteiger partial charge in [-0.1, -0.05) is 6.07 Å². The van der Waals surface area contributed by atoms with E-state index in [-0.39, 0.29) is 16.7 Å². The number of hydrogen-bond donors (Lipinski definition) is 2. The second-order valence-electron chi connectivity index (χ2n) is 7.30. The van der Waals surface area contributed by atoms with Crippen LogP contribution in [0.25, 0.3) is 0 Å². The van der Waals surface area contributed by atoms with Crippen molar-refractivity contribution in [2.45, 2.75) is 31.1 Å². The number of carbonyl (C=O) groups is 1. The summed E-state index contributed by atoms with van der Waals surface area (Å²) in [6.07, 6.45) is 3.94. The summed E-state index contributed by atoms with van der Waals surface area (Å²) in [7, 11) is -3.62. The van der Waals surface area contributed by atoms with Crippen LogP contribution < -0.4 is 5.32 Å². The molecule has 1 atom stereocenters. The predicted octanol–water partition coefficient (Wildman–Crippen LogP) is 1.48. The van der Waals surface area contributed by atoms with Crippen molar-refractivity contribution in [3.63, 3.8) is 0 Å². The van der Waals surface area contributed by atoms with Crippen LogP contribution in [0.3, 0.4) is 0 Å². The molecular formula is C19H24N4O4S. The Balaban J connectivity index is 1.51. The van der Waals surface area contributed by atoms with Gasteiger partial charge >= 0.3 is 0 Å². The van der Waals surface area contributed by atoms with Gasteiger partial charge in [0.1, 0.15) is 0 Å². The van der Waals surface area contributed by atoms with E-state index in [1.807, 2.05) is 0 Å². The lowest BCUT2D eigenvalue weighted by atomic mass is 9.87. The molecule has 1 aliphatic carbocycles. The standard InChI is InChI=1S/C19H24N4O4S/c1-13-2-4-16(11-18(13)28(25,26)23-6-8-27-9-7-23)21-19(24)14-3-5-17-15(10-14)12-20-22-17/h2,4,11-12,14H,3,5-10H2,1H3,(H,20,22)(H,21,24). The average molecular weight is 404 g/mol. The third-order valence-electron chi connectivity index (χ3n) is 5.43. The number of amides is 1. The van der Waals surface area contributed by atoms with Crippen molar-refractivity contribution in [3.8, 4) is 0 Å². The number of fused-ring (bicyclic) bond motifs is 1. The van der Waals surface area contributed by atoms with Gasteiger partial charge in [0.2, 0.25) is 15.9 Å². The van der Waals surface area contributed by atoms with E-state index in [1.54, 1.807) is 31.3 Å². The highest BCUT2D eigenvalue weighted by molar-refractivity contribution is 7.89. The molecule has 1 fully saturated rings. The highest BCUT2D eigenvalue weighted by Gasteiger charge is 2.29. The summed E-state index contributed by atoms with van der Waals surface area (Å²) in [5.41, 5.74) is 3.33. The number of sulfonamides is 1. The molecule has 28 heavy (non-hydrogen) atoms. The maximum atomic E-state index is 13.0. The fraction of sp³-hybridized carbons (Fsp3) is 0.474. The lowest BCUT2D eigenvalue weighted by Gasteiger charge is -2.27. The van der Waals surface area contributed by atoms with E-state index in [1.165, 1.54) is 4.31 Å². The van der Waals surface area contributed by atoms with Crippen LogP contribution >= 0.6 is 0 Å². The van der Waals surface area contributed by atoms with Crippen molar-refractivity contribution >= 4 is 21.6 Å². The molecule has 1 unspecified atom stereocenters. The first kappa shape index (κ1) is 19.1. The number of rotatable bonds is 4. The topological polar surface area (TPSA) is 104 Å². The molecule has 2 heterocycles. The summed E-state index contributed by atoms with van der Waals surface area (Å²) in [4.78, 5) is 13.0. The minimum atomic E-state index is -3.62. The summed E-state index contributed by atoms with van der Waals surface area (Å²) < 4.78 is 32.7. The third-order valence-corrected chi connectivity index (χ3v) is 7.47. The van der Waals surface area contributed by atoms with E-state index in [0.717, 1.165) is 24.1 Å². The first-order valence-electron chi connectivity index (χ1n) is 9.45. The minimum Gasteiger partial charge on any atom is -0.379 e. The molecule has 0 saturated carbocycles. The number of aromatic nitrogens is 2. The number of carbonyl (C=O) groups excluding carboxylic acids is 1. The van der Waals surface area contributed by atoms with E-state index in [9.17, 15) is 13.2 Å². The van der Waals surface area contributed by atoms with Gasteiger partial charge in [-0.2, -0.15) is 9.40 Å². The maximum absolute atomic E-state index is 13.0. The zero-order valence-corrected chi connectivity index (χ0v) is 16.6. The molecule has 0 radical (unpaired) electrons. The fourth-order valence-electron chi connectivity index (χ4n) is 3.77. The van der Waals surface area contributed by atoms with Crippen LogP contribution in [0.2, 0.25) is 0 Å². The van der Waals surface area contributed by atoms with E-state index < -0.39 is 10.0 Å². The van der Waals surface area contributed by atoms with Crippen LogP contribution in [0.4, 0.5) is 5.69 Å². The lowest BCUT2D eigenvalue weighted by molar-refractivity contribution is -0.120. The van der Waals surface area contributed by atoms with Crippen LogP contribution in [0, 0.1) is 12.8 Å². The normalized spacial score (nSPS) is 20.5. The zero-order valence-electron chi connectivity index (χ0n) is 15.8. The third kappa shape index (κ3) is 3.69. The van der Waals surface area contributed by atoms with Crippen LogP contribution in [-0.4, -0.2) is 55.1 Å². The number of morpholine rings is 1. The highest BCUT2D eigenvalue weighted by Crippen LogP contribution is 2.27. The Hall–Kier alpha value is -2.23. The van der Waals surface area contributed by atoms with E-state index >= 15 is 0 Å². The Kier molecular flexibility index (Phi) is 5.22. The summed E-state index contributed by atoms with van der Waals surface area (Å²) in [5.74, 6) is -0.240. The Morgan fingerprint density at radius 2 is 2.11 bits per heavy atom. The quantitative estimate of drug-likeness (QED) is 0.803. The molecule has 150 valence electrons. The number of nitrogens with zero attached hydrogens (tertiary/aromatic N) is 2. The maximum Gasteiger partial charge on any atom is 0.243 e. The van der Waals surface area contributed by atoms with E-state index in [4.69, 9.17) is 4.74 Å². The number of hydrogen-bond acceptors (Lipinski definition) is 5. The minimum absolute atomic E-state index is 0.0922. The van der Waals surface area contributed by atoms with Gasteiger partial charge in [0, 0.05) is 30.4 Å². The second kappa shape index (κ2) is 7.65. The molecule has 0 bridgehead atoms. The molecule has 4 rings (SSSR count). The molecule has 1 aromatic carbocycles. The number of ether oxygens (including phenoxy) is 1. The van der Waals surface area contributed by atoms with Gasteiger partial charge < -0.3 is 10.1 Å². The Bertz CT molecular complexity index is 980. The monoisotopic (exact) mass is 404 g/mol. The molecular weight excluding hydrogens is 380 g/mol. The predicted molar refractivity (Wildman–Crippen MR) is 103 cm³/mol. The SMILES string of the molecule is Cc1ccc(NC(=O)C2CCc3[nH]ncc3C2)cc1S(=O)(=O)N1CCOCC1. The zero-order chi connectivity index (χ0) is 19.7. The lowest BCUT2D eigenvalue weighted by Crippen LogP contribution is -2.40. The van der Waals surface area contributed by atoms with Crippen LogP contribution in [-0.2, 0) is 32.4 Å².